The van der Waals surface area contributed by atoms with Gasteiger partial charge in [-0.3, -0.25) is 4.99 Å². The molecule has 0 amide bonds. The molecule has 1 aromatic heterocycles. The minimum Gasteiger partial charge on any atom is -0.382 e. The van der Waals surface area contributed by atoms with E-state index >= 15 is 0 Å². The molecule has 0 atom stereocenters. The highest BCUT2D eigenvalue weighted by Gasteiger charge is 1.95. The summed E-state index contributed by atoms with van der Waals surface area (Å²) >= 11 is 1.75. The lowest BCUT2D eigenvalue weighted by Crippen LogP contribution is -2.33. The number of rotatable bonds is 9. The molecule has 5 nitrogen and oxygen atoms in total. The number of hydrogen-bond donors (Lipinski definition) is 2. The number of methoxy groups -OCH3 is 1. The Hall–Kier alpha value is -0.380. The van der Waals surface area contributed by atoms with E-state index in [0.29, 0.717) is 32.3 Å². The zero-order chi connectivity index (χ0) is 13.1. The molecule has 1 rings (SSSR count). The van der Waals surface area contributed by atoms with Gasteiger partial charge in [-0.2, -0.15) is 0 Å². The molecule has 7 heteroatoms. The molecule has 0 saturated heterocycles. The van der Waals surface area contributed by atoms with Crippen LogP contribution in [-0.4, -0.2) is 46.0 Å². The topological polar surface area (TPSA) is 68.9 Å². The van der Waals surface area contributed by atoms with Gasteiger partial charge in [-0.05, 0) is 17.9 Å². The third-order valence-electron chi connectivity index (χ3n) is 2.21. The highest BCUT2D eigenvalue weighted by molar-refractivity contribution is 14.0. The zero-order valence-electron chi connectivity index (χ0n) is 11.1. The van der Waals surface area contributed by atoms with Crippen molar-refractivity contribution < 1.29 is 9.47 Å². The van der Waals surface area contributed by atoms with Crippen LogP contribution in [0.5, 0.6) is 0 Å². The molecule has 1 heterocycles. The Balaban J connectivity index is 0.00000324. The van der Waals surface area contributed by atoms with Crippen molar-refractivity contribution in [2.24, 2.45) is 10.7 Å². The van der Waals surface area contributed by atoms with Crippen molar-refractivity contribution in [3.63, 3.8) is 0 Å². The maximum Gasteiger partial charge on any atom is 0.188 e. The maximum absolute atomic E-state index is 5.72. The largest absolute Gasteiger partial charge is 0.382 e. The van der Waals surface area contributed by atoms with Crippen LogP contribution in [-0.2, 0) is 15.9 Å². The minimum absolute atomic E-state index is 0. The zero-order valence-corrected chi connectivity index (χ0v) is 14.3. The van der Waals surface area contributed by atoms with Crippen LogP contribution in [0, 0.1) is 0 Å². The molecule has 0 aliphatic heterocycles. The highest BCUT2D eigenvalue weighted by Crippen LogP contribution is 2.07. The van der Waals surface area contributed by atoms with Crippen LogP contribution in [0.4, 0.5) is 0 Å². The van der Waals surface area contributed by atoms with Crippen molar-refractivity contribution in [1.82, 2.24) is 5.32 Å². The van der Waals surface area contributed by atoms with Gasteiger partial charge in [0.1, 0.15) is 0 Å². The molecule has 0 saturated carbocycles. The first-order chi connectivity index (χ1) is 8.83. The van der Waals surface area contributed by atoms with Gasteiger partial charge in [-0.15, -0.1) is 35.3 Å². The van der Waals surface area contributed by atoms with Crippen LogP contribution in [0.3, 0.4) is 0 Å². The van der Waals surface area contributed by atoms with Gasteiger partial charge in [-0.25, -0.2) is 0 Å². The lowest BCUT2D eigenvalue weighted by Gasteiger charge is -2.05. The number of nitrogens with zero attached hydrogens (tertiary/aromatic N) is 1. The third-order valence-corrected chi connectivity index (χ3v) is 3.14. The molecule has 0 aliphatic carbocycles. The molecule has 110 valence electrons. The van der Waals surface area contributed by atoms with Crippen molar-refractivity contribution in [3.8, 4) is 0 Å². The Morgan fingerprint density at radius 2 is 2.26 bits per heavy atom. The van der Waals surface area contributed by atoms with Gasteiger partial charge in [-0.1, -0.05) is 6.07 Å². The van der Waals surface area contributed by atoms with Crippen LogP contribution in [0.2, 0.25) is 0 Å². The van der Waals surface area contributed by atoms with Crippen LogP contribution in [0.1, 0.15) is 4.88 Å². The van der Waals surface area contributed by atoms with E-state index in [2.05, 4.69) is 27.8 Å². The summed E-state index contributed by atoms with van der Waals surface area (Å²) in [5.41, 5.74) is 5.72. The first-order valence-corrected chi connectivity index (χ1v) is 6.83. The monoisotopic (exact) mass is 399 g/mol. The number of nitrogens with one attached hydrogen (secondary N) is 1. The van der Waals surface area contributed by atoms with E-state index in [1.165, 1.54) is 4.88 Å². The SMILES string of the molecule is COCCOCCN=C(N)NCCc1cccs1.I. The summed E-state index contributed by atoms with van der Waals surface area (Å²) in [4.78, 5) is 5.51. The smallest absolute Gasteiger partial charge is 0.188 e. The molecule has 0 fully saturated rings. The lowest BCUT2D eigenvalue weighted by molar-refractivity contribution is 0.0748. The molecule has 0 spiro atoms. The Kier molecular flexibility index (Phi) is 12.4. The van der Waals surface area contributed by atoms with E-state index in [1.807, 2.05) is 0 Å². The van der Waals surface area contributed by atoms with Crippen LogP contribution in [0.25, 0.3) is 0 Å². The molecule has 3 N–H and O–H groups in total. The minimum atomic E-state index is 0. The molecule has 0 unspecified atom stereocenters. The normalized spacial score (nSPS) is 11.1. The number of ether oxygens (including phenoxy) is 2. The standard InChI is InChI=1S/C12H21N3O2S.HI/c1-16-8-9-17-7-6-15-12(13)14-5-4-11-3-2-10-18-11;/h2-3,10H,4-9H2,1H3,(H3,13,14,15);1H. The fourth-order valence-electron chi connectivity index (χ4n) is 1.30. The Morgan fingerprint density at radius 1 is 1.42 bits per heavy atom. The van der Waals surface area contributed by atoms with Crippen molar-refractivity contribution >= 4 is 41.3 Å². The van der Waals surface area contributed by atoms with Gasteiger partial charge < -0.3 is 20.5 Å². The van der Waals surface area contributed by atoms with E-state index < -0.39 is 0 Å². The van der Waals surface area contributed by atoms with Gasteiger partial charge in [0.25, 0.3) is 0 Å². The fourth-order valence-corrected chi connectivity index (χ4v) is 2.01. The number of hydrogen-bond acceptors (Lipinski definition) is 4. The van der Waals surface area contributed by atoms with Crippen LogP contribution in [0.15, 0.2) is 22.5 Å². The van der Waals surface area contributed by atoms with Crippen molar-refractivity contribution in [2.75, 3.05) is 40.0 Å². The molecule has 19 heavy (non-hydrogen) atoms. The molecular weight excluding hydrogens is 377 g/mol. The first kappa shape index (κ1) is 18.6. The van der Waals surface area contributed by atoms with Crippen molar-refractivity contribution in [3.05, 3.63) is 22.4 Å². The summed E-state index contributed by atoms with van der Waals surface area (Å²) in [5.74, 6) is 0.474. The Labute approximate surface area is 135 Å². The van der Waals surface area contributed by atoms with Crippen LogP contribution >= 0.6 is 35.3 Å². The molecule has 0 bridgehead atoms. The summed E-state index contributed by atoms with van der Waals surface area (Å²) in [7, 11) is 1.65. The quantitative estimate of drug-likeness (QED) is 0.286. The van der Waals surface area contributed by atoms with E-state index in [9.17, 15) is 0 Å². The van der Waals surface area contributed by atoms with Crippen LogP contribution < -0.4 is 11.1 Å². The Morgan fingerprint density at radius 3 is 2.95 bits per heavy atom. The Bertz CT molecular complexity index is 334. The van der Waals surface area contributed by atoms with Gasteiger partial charge in [0.05, 0.1) is 26.4 Å². The van der Waals surface area contributed by atoms with Gasteiger partial charge in [0.2, 0.25) is 0 Å². The summed E-state index contributed by atoms with van der Waals surface area (Å²) in [5, 5.41) is 5.15. The maximum atomic E-state index is 5.72. The van der Waals surface area contributed by atoms with E-state index in [0.717, 1.165) is 13.0 Å². The predicted molar refractivity (Wildman–Crippen MR) is 90.6 cm³/mol. The first-order valence-electron chi connectivity index (χ1n) is 5.96. The second kappa shape index (κ2) is 12.6. The van der Waals surface area contributed by atoms with E-state index in [1.54, 1.807) is 18.4 Å². The second-order valence-electron chi connectivity index (χ2n) is 3.63. The fraction of sp³-hybridized carbons (Fsp3) is 0.583. The predicted octanol–water partition coefficient (Wildman–Crippen LogP) is 1.48. The number of thiophene rings is 1. The average molecular weight is 399 g/mol. The summed E-state index contributed by atoms with van der Waals surface area (Å²) in [6.45, 7) is 3.15. The lowest BCUT2D eigenvalue weighted by atomic mass is 10.3. The number of halogens is 1. The molecule has 0 aromatic carbocycles. The van der Waals surface area contributed by atoms with Crippen molar-refractivity contribution in [1.29, 1.82) is 0 Å². The van der Waals surface area contributed by atoms with Crippen molar-refractivity contribution in [2.45, 2.75) is 6.42 Å². The summed E-state index contributed by atoms with van der Waals surface area (Å²) < 4.78 is 10.1. The molecular formula is C12H22IN3O2S. The van der Waals surface area contributed by atoms with Gasteiger partial charge in [0.15, 0.2) is 5.96 Å². The second-order valence-corrected chi connectivity index (χ2v) is 4.66. The molecule has 0 aliphatic rings. The van der Waals surface area contributed by atoms with Gasteiger partial charge in [0, 0.05) is 18.5 Å². The third kappa shape index (κ3) is 10.1. The molecule has 0 radical (unpaired) electrons. The summed E-state index contributed by atoms with van der Waals surface area (Å²) in [6.07, 6.45) is 0.970. The van der Waals surface area contributed by atoms with E-state index in [-0.39, 0.29) is 24.0 Å². The van der Waals surface area contributed by atoms with E-state index in [4.69, 9.17) is 15.2 Å². The summed E-state index contributed by atoms with van der Waals surface area (Å²) in [6, 6.07) is 4.16. The molecule has 1 aromatic rings. The average Bonchev–Trinajstić information content (AvgIpc) is 2.87. The van der Waals surface area contributed by atoms with Gasteiger partial charge >= 0.3 is 0 Å². The number of guanidine groups is 1. The highest BCUT2D eigenvalue weighted by atomic mass is 127. The number of nitrogens with two attached hydrogens (primary N) is 1. The number of aliphatic imine (C=N–C) groups is 1.